The van der Waals surface area contributed by atoms with Gasteiger partial charge >= 0.3 is 7.82 Å². The van der Waals surface area contributed by atoms with E-state index in [-0.39, 0.29) is 19.1 Å². The molecular weight excluding hydrogens is 732 g/mol. The maximum absolute atomic E-state index is 12.9. The Bertz CT molecular complexity index is 942. The van der Waals surface area contributed by atoms with Crippen LogP contribution >= 0.6 is 7.82 Å². The first-order valence-electron chi connectivity index (χ1n) is 24.6. The summed E-state index contributed by atoms with van der Waals surface area (Å²) < 4.78 is 23.6. The largest absolute Gasteiger partial charge is 0.472 e. The van der Waals surface area contributed by atoms with Crippen molar-refractivity contribution in [2.45, 2.75) is 251 Å². The van der Waals surface area contributed by atoms with Crippen LogP contribution in [0.3, 0.4) is 0 Å². The minimum Gasteiger partial charge on any atom is -0.387 e. The quantitative estimate of drug-likeness (QED) is 0.0244. The van der Waals surface area contributed by atoms with Gasteiger partial charge in [0.2, 0.25) is 5.91 Å². The van der Waals surface area contributed by atoms with Crippen molar-refractivity contribution in [3.8, 4) is 0 Å². The van der Waals surface area contributed by atoms with Crippen molar-refractivity contribution in [3.05, 3.63) is 12.2 Å². The summed E-state index contributed by atoms with van der Waals surface area (Å²) in [6.07, 6.45) is 47.2. The summed E-state index contributed by atoms with van der Waals surface area (Å²) in [5.41, 5.74) is 0. The third-order valence-electron chi connectivity index (χ3n) is 11.3. The van der Waals surface area contributed by atoms with Crippen LogP contribution < -0.4 is 5.32 Å². The van der Waals surface area contributed by atoms with E-state index in [4.69, 9.17) is 9.05 Å². The number of hydrogen-bond acceptors (Lipinski definition) is 5. The van der Waals surface area contributed by atoms with Gasteiger partial charge in [0.15, 0.2) is 0 Å². The number of amides is 1. The molecule has 0 saturated heterocycles. The maximum atomic E-state index is 12.9. The Morgan fingerprint density at radius 3 is 1.30 bits per heavy atom. The van der Waals surface area contributed by atoms with Crippen molar-refractivity contribution in [1.29, 1.82) is 0 Å². The SMILES string of the molecule is CCCCCCCCCCCCCCCCCCCCCCC/C=C/C(O)C(COP(=O)(O)OCC[N+](C)(C)C)NC(=O)CCCCCCCCCCCCCC. The van der Waals surface area contributed by atoms with Crippen molar-refractivity contribution < 1.29 is 32.9 Å². The summed E-state index contributed by atoms with van der Waals surface area (Å²) in [6.45, 7) is 4.83. The molecule has 3 unspecified atom stereocenters. The number of nitrogens with one attached hydrogen (secondary N) is 1. The van der Waals surface area contributed by atoms with E-state index in [1.807, 2.05) is 27.2 Å². The van der Waals surface area contributed by atoms with E-state index < -0.39 is 20.0 Å². The summed E-state index contributed by atoms with van der Waals surface area (Å²) in [5.74, 6) is -0.175. The molecule has 0 aromatic rings. The highest BCUT2D eigenvalue weighted by Gasteiger charge is 2.27. The van der Waals surface area contributed by atoms with Gasteiger partial charge in [0, 0.05) is 6.42 Å². The second kappa shape index (κ2) is 40.6. The molecule has 0 rings (SSSR count). The third-order valence-corrected chi connectivity index (χ3v) is 12.2. The fourth-order valence-electron chi connectivity index (χ4n) is 7.34. The highest BCUT2D eigenvalue weighted by molar-refractivity contribution is 7.47. The van der Waals surface area contributed by atoms with Crippen molar-refractivity contribution in [1.82, 2.24) is 5.32 Å². The van der Waals surface area contributed by atoms with E-state index in [0.717, 1.165) is 32.1 Å². The molecule has 340 valence electrons. The minimum absolute atomic E-state index is 0.0647. The van der Waals surface area contributed by atoms with Gasteiger partial charge in [-0.1, -0.05) is 225 Å². The summed E-state index contributed by atoms with van der Waals surface area (Å²) in [5, 5.41) is 13.9. The van der Waals surface area contributed by atoms with Crippen molar-refractivity contribution in [2.75, 3.05) is 40.9 Å². The van der Waals surface area contributed by atoms with Crippen LogP contribution in [0.25, 0.3) is 0 Å². The Balaban J connectivity index is 4.25. The number of allylic oxidation sites excluding steroid dienone is 1. The molecule has 8 nitrogen and oxygen atoms in total. The highest BCUT2D eigenvalue weighted by Crippen LogP contribution is 2.43. The van der Waals surface area contributed by atoms with Crippen molar-refractivity contribution >= 4 is 13.7 Å². The molecule has 0 heterocycles. The smallest absolute Gasteiger partial charge is 0.387 e. The predicted molar refractivity (Wildman–Crippen MR) is 245 cm³/mol. The molecule has 0 radical (unpaired) electrons. The van der Waals surface area contributed by atoms with Crippen LogP contribution in [0.15, 0.2) is 12.2 Å². The van der Waals surface area contributed by atoms with E-state index in [0.29, 0.717) is 17.4 Å². The number of unbranched alkanes of at least 4 members (excludes halogenated alkanes) is 32. The van der Waals surface area contributed by atoms with Crippen molar-refractivity contribution in [2.24, 2.45) is 0 Å². The molecule has 0 aliphatic rings. The Kier molecular flexibility index (Phi) is 40.1. The molecule has 0 aromatic carbocycles. The molecule has 0 fully saturated rings. The van der Waals surface area contributed by atoms with E-state index in [1.165, 1.54) is 186 Å². The lowest BCUT2D eigenvalue weighted by molar-refractivity contribution is -0.870. The number of hydrogen-bond donors (Lipinski definition) is 3. The third kappa shape index (κ3) is 43.1. The topological polar surface area (TPSA) is 105 Å². The van der Waals surface area contributed by atoms with Crippen LogP contribution in [0, 0.1) is 0 Å². The zero-order chi connectivity index (χ0) is 42.1. The van der Waals surface area contributed by atoms with Crippen LogP contribution in [0.1, 0.15) is 239 Å². The number of quaternary nitrogens is 1. The molecule has 1 amide bonds. The fourth-order valence-corrected chi connectivity index (χ4v) is 8.07. The van der Waals surface area contributed by atoms with Gasteiger partial charge < -0.3 is 19.8 Å². The summed E-state index contributed by atoms with van der Waals surface area (Å²) >= 11 is 0. The lowest BCUT2D eigenvalue weighted by Crippen LogP contribution is -2.45. The number of phosphoric acid groups is 1. The van der Waals surface area contributed by atoms with Crippen LogP contribution in [-0.4, -0.2) is 73.4 Å². The number of phosphoric ester groups is 1. The van der Waals surface area contributed by atoms with Crippen molar-refractivity contribution in [3.63, 3.8) is 0 Å². The van der Waals surface area contributed by atoms with Gasteiger partial charge in [-0.05, 0) is 19.3 Å². The number of aliphatic hydroxyl groups is 1. The van der Waals surface area contributed by atoms with Gasteiger partial charge in [-0.15, -0.1) is 0 Å². The molecule has 0 aliphatic heterocycles. The monoisotopic (exact) mass is 830 g/mol. The number of aliphatic hydroxyl groups excluding tert-OH is 1. The number of carbonyl (C=O) groups is 1. The van der Waals surface area contributed by atoms with Gasteiger partial charge in [0.25, 0.3) is 0 Å². The molecule has 0 aliphatic carbocycles. The minimum atomic E-state index is -4.33. The number of carbonyl (C=O) groups excluding carboxylic acids is 1. The normalized spacial score (nSPS) is 14.3. The maximum Gasteiger partial charge on any atom is 0.472 e. The summed E-state index contributed by atoms with van der Waals surface area (Å²) in [7, 11) is 1.58. The molecule has 3 N–H and O–H groups in total. The first-order valence-corrected chi connectivity index (χ1v) is 26.1. The number of nitrogens with zero attached hydrogens (tertiary/aromatic N) is 1. The molecule has 9 heteroatoms. The van der Waals surface area contributed by atoms with Gasteiger partial charge in [0.05, 0.1) is 39.9 Å². The lowest BCUT2D eigenvalue weighted by atomic mass is 10.0. The second-order valence-corrected chi connectivity index (χ2v) is 19.7. The van der Waals surface area contributed by atoms with E-state index in [9.17, 15) is 19.4 Å². The van der Waals surface area contributed by atoms with Crippen LogP contribution in [-0.2, 0) is 18.4 Å². The van der Waals surface area contributed by atoms with Gasteiger partial charge in [0.1, 0.15) is 13.2 Å². The second-order valence-electron chi connectivity index (χ2n) is 18.2. The Morgan fingerprint density at radius 2 is 0.930 bits per heavy atom. The fraction of sp³-hybridized carbons (Fsp3) is 0.938. The van der Waals surface area contributed by atoms with Crippen LogP contribution in [0.5, 0.6) is 0 Å². The van der Waals surface area contributed by atoms with E-state index in [1.54, 1.807) is 6.08 Å². The Morgan fingerprint density at radius 1 is 0.579 bits per heavy atom. The summed E-state index contributed by atoms with van der Waals surface area (Å²) in [6, 6.07) is -0.840. The zero-order valence-corrected chi connectivity index (χ0v) is 39.5. The molecule has 57 heavy (non-hydrogen) atoms. The van der Waals surface area contributed by atoms with E-state index >= 15 is 0 Å². The Labute approximate surface area is 354 Å². The van der Waals surface area contributed by atoms with Gasteiger partial charge in [-0.2, -0.15) is 0 Å². The average molecular weight is 830 g/mol. The molecule has 3 atom stereocenters. The zero-order valence-electron chi connectivity index (χ0n) is 38.6. The Hall–Kier alpha value is -0.760. The molecule has 0 spiro atoms. The highest BCUT2D eigenvalue weighted by atomic mass is 31.2. The average Bonchev–Trinajstić information content (AvgIpc) is 3.16. The number of likely N-dealkylation sites (N-methyl/N-ethyl adjacent to an activating group) is 1. The molecule has 0 saturated carbocycles. The summed E-state index contributed by atoms with van der Waals surface area (Å²) in [4.78, 5) is 23.1. The van der Waals surface area contributed by atoms with Gasteiger partial charge in [-0.3, -0.25) is 13.8 Å². The van der Waals surface area contributed by atoms with E-state index in [2.05, 4.69) is 19.2 Å². The lowest BCUT2D eigenvalue weighted by Gasteiger charge is -2.25. The standard InChI is InChI=1S/C48H97N2O6P/c1-6-8-10-12-14-16-18-20-21-22-23-24-25-26-27-28-29-30-31-33-35-37-39-41-47(51)46(45-56-57(53,54)55-44-43-50(3,4)5)49-48(52)42-40-38-36-34-32-19-17-15-13-11-9-7-2/h39,41,46-47,51H,6-38,40,42-45H2,1-5H3,(H-,49,52,53,54)/p+1/b41-39+. The van der Waals surface area contributed by atoms with Crippen LogP contribution in [0.2, 0.25) is 0 Å². The molecule has 0 bridgehead atoms. The molecular formula is C48H98N2O6P+. The van der Waals surface area contributed by atoms with Crippen LogP contribution in [0.4, 0.5) is 0 Å². The molecule has 0 aromatic heterocycles. The predicted octanol–water partition coefficient (Wildman–Crippen LogP) is 13.9. The first kappa shape index (κ1) is 56.2. The first-order chi connectivity index (χ1) is 27.5. The van der Waals surface area contributed by atoms with Gasteiger partial charge in [-0.25, -0.2) is 4.57 Å². The number of rotatable bonds is 45.